The third kappa shape index (κ3) is 2.05. The summed E-state index contributed by atoms with van der Waals surface area (Å²) in [5.74, 6) is -3.73. The van der Waals surface area contributed by atoms with Gasteiger partial charge >= 0.3 is 0 Å². The predicted octanol–water partition coefficient (Wildman–Crippen LogP) is 2.99. The van der Waals surface area contributed by atoms with E-state index in [1.54, 1.807) is 24.3 Å². The van der Waals surface area contributed by atoms with Crippen LogP contribution in [0.5, 0.6) is 0 Å². The van der Waals surface area contributed by atoms with Gasteiger partial charge in [0.2, 0.25) is 0 Å². The Kier molecular flexibility index (Phi) is 2.94. The zero-order valence-corrected chi connectivity index (χ0v) is 10.6. The topological polar surface area (TPSA) is 48.0 Å². The van der Waals surface area contributed by atoms with Gasteiger partial charge in [-0.15, -0.1) is 0 Å². The molecule has 0 saturated carbocycles. The molecule has 0 amide bonds. The van der Waals surface area contributed by atoms with E-state index in [9.17, 15) is 18.0 Å². The zero-order valence-electron chi connectivity index (χ0n) is 10.6. The molecule has 2 aromatic carbocycles. The standard InChI is InChI=1S/C15H9F3N2O/c16-10-6-12(18)13(7-11(10)17)20-14(19)5-8-3-1-2-4-9(8)15(20)21/h1-7H,19H2. The SMILES string of the molecule is Nc1cc2ccccc2c(=O)n1-c1cc(F)c(F)cc1F. The Bertz CT molecular complexity index is 919. The average Bonchev–Trinajstić information content (AvgIpc) is 2.44. The van der Waals surface area contributed by atoms with Gasteiger partial charge in [-0.2, -0.15) is 0 Å². The van der Waals surface area contributed by atoms with Gasteiger partial charge in [0.05, 0.1) is 5.69 Å². The Morgan fingerprint density at radius 3 is 2.33 bits per heavy atom. The van der Waals surface area contributed by atoms with E-state index in [0.29, 0.717) is 22.9 Å². The molecule has 3 aromatic rings. The highest BCUT2D eigenvalue weighted by Gasteiger charge is 2.16. The molecule has 0 spiro atoms. The van der Waals surface area contributed by atoms with Gasteiger partial charge in [-0.3, -0.25) is 9.36 Å². The van der Waals surface area contributed by atoms with Crippen LogP contribution in [0.3, 0.4) is 0 Å². The summed E-state index contributed by atoms with van der Waals surface area (Å²) in [6.07, 6.45) is 0. The average molecular weight is 290 g/mol. The number of rotatable bonds is 1. The lowest BCUT2D eigenvalue weighted by atomic mass is 10.1. The van der Waals surface area contributed by atoms with Gasteiger partial charge in [0, 0.05) is 17.5 Å². The molecule has 0 aliphatic carbocycles. The summed E-state index contributed by atoms with van der Waals surface area (Å²) in [5.41, 5.74) is 4.73. The lowest BCUT2D eigenvalue weighted by molar-refractivity contribution is 0.492. The number of hydrogen-bond acceptors (Lipinski definition) is 2. The molecule has 0 aliphatic heterocycles. The quantitative estimate of drug-likeness (QED) is 0.700. The molecule has 106 valence electrons. The molecule has 2 N–H and O–H groups in total. The van der Waals surface area contributed by atoms with E-state index in [0.717, 1.165) is 4.57 Å². The van der Waals surface area contributed by atoms with E-state index in [4.69, 9.17) is 5.73 Å². The van der Waals surface area contributed by atoms with Crippen molar-refractivity contribution in [3.63, 3.8) is 0 Å². The number of nitrogens with two attached hydrogens (primary N) is 1. The number of nitrogens with zero attached hydrogens (tertiary/aromatic N) is 1. The molecule has 3 nitrogen and oxygen atoms in total. The maximum absolute atomic E-state index is 13.9. The van der Waals surface area contributed by atoms with Crippen molar-refractivity contribution in [2.75, 3.05) is 5.73 Å². The number of nitrogen functional groups attached to an aromatic ring is 1. The maximum atomic E-state index is 13.9. The molecule has 0 aliphatic rings. The largest absolute Gasteiger partial charge is 0.385 e. The van der Waals surface area contributed by atoms with E-state index < -0.39 is 28.7 Å². The molecule has 0 fully saturated rings. The molecular formula is C15H9F3N2O. The second-order valence-corrected chi connectivity index (χ2v) is 4.51. The summed E-state index contributed by atoms with van der Waals surface area (Å²) in [4.78, 5) is 12.4. The minimum absolute atomic E-state index is 0.0661. The van der Waals surface area contributed by atoms with Crippen molar-refractivity contribution in [2.24, 2.45) is 0 Å². The van der Waals surface area contributed by atoms with E-state index in [-0.39, 0.29) is 5.82 Å². The molecule has 21 heavy (non-hydrogen) atoms. The lowest BCUT2D eigenvalue weighted by Crippen LogP contribution is -2.22. The Labute approximate surface area is 117 Å². The number of fused-ring (bicyclic) bond motifs is 1. The highest BCUT2D eigenvalue weighted by atomic mass is 19.2. The number of halogens is 3. The highest BCUT2D eigenvalue weighted by molar-refractivity contribution is 5.84. The van der Waals surface area contributed by atoms with Gasteiger partial charge in [-0.05, 0) is 17.5 Å². The normalized spacial score (nSPS) is 11.0. The third-order valence-corrected chi connectivity index (χ3v) is 3.19. The van der Waals surface area contributed by atoms with Gasteiger partial charge < -0.3 is 5.73 Å². The molecule has 6 heteroatoms. The number of pyridine rings is 1. The van der Waals surface area contributed by atoms with Crippen LogP contribution in [0.1, 0.15) is 0 Å². The summed E-state index contributed by atoms with van der Waals surface area (Å²) in [6.45, 7) is 0. The van der Waals surface area contributed by atoms with Gasteiger partial charge in [0.15, 0.2) is 11.6 Å². The summed E-state index contributed by atoms with van der Waals surface area (Å²) in [5, 5.41) is 0.884. The van der Waals surface area contributed by atoms with Crippen LogP contribution in [0.15, 0.2) is 47.3 Å². The Hall–Kier alpha value is -2.76. The predicted molar refractivity (Wildman–Crippen MR) is 73.8 cm³/mol. The first-order valence-electron chi connectivity index (χ1n) is 6.04. The van der Waals surface area contributed by atoms with Crippen LogP contribution in [-0.4, -0.2) is 4.57 Å². The number of hydrogen-bond donors (Lipinski definition) is 1. The van der Waals surface area contributed by atoms with Crippen LogP contribution < -0.4 is 11.3 Å². The smallest absolute Gasteiger partial charge is 0.264 e. The number of benzene rings is 2. The highest BCUT2D eigenvalue weighted by Crippen LogP contribution is 2.21. The fourth-order valence-electron chi connectivity index (χ4n) is 2.21. The zero-order chi connectivity index (χ0) is 15.1. The van der Waals surface area contributed by atoms with Crippen molar-refractivity contribution in [3.05, 3.63) is 70.3 Å². The van der Waals surface area contributed by atoms with Crippen LogP contribution >= 0.6 is 0 Å². The number of aromatic nitrogens is 1. The van der Waals surface area contributed by atoms with Crippen molar-refractivity contribution in [2.45, 2.75) is 0 Å². The fourth-order valence-corrected chi connectivity index (χ4v) is 2.21. The summed E-state index contributed by atoms with van der Waals surface area (Å²) in [7, 11) is 0. The van der Waals surface area contributed by atoms with Gasteiger partial charge in [-0.25, -0.2) is 13.2 Å². The van der Waals surface area contributed by atoms with Crippen LogP contribution in [-0.2, 0) is 0 Å². The molecule has 0 unspecified atom stereocenters. The first-order chi connectivity index (χ1) is 9.99. The Balaban J connectivity index is 2.41. The van der Waals surface area contributed by atoms with Crippen LogP contribution in [0.4, 0.5) is 19.0 Å². The first kappa shape index (κ1) is 13.2. The summed E-state index contributed by atoms with van der Waals surface area (Å²) >= 11 is 0. The third-order valence-electron chi connectivity index (χ3n) is 3.19. The molecular weight excluding hydrogens is 281 g/mol. The first-order valence-corrected chi connectivity index (χ1v) is 6.04. The summed E-state index contributed by atoms with van der Waals surface area (Å²) < 4.78 is 41.0. The van der Waals surface area contributed by atoms with Crippen molar-refractivity contribution in [1.29, 1.82) is 0 Å². The molecule has 0 atom stereocenters. The van der Waals surface area contributed by atoms with Crippen molar-refractivity contribution in [1.82, 2.24) is 4.57 Å². The van der Waals surface area contributed by atoms with E-state index in [1.807, 2.05) is 0 Å². The van der Waals surface area contributed by atoms with E-state index in [1.165, 1.54) is 6.07 Å². The molecule has 3 rings (SSSR count). The minimum atomic E-state index is -1.33. The second kappa shape index (κ2) is 4.66. The second-order valence-electron chi connectivity index (χ2n) is 4.51. The molecule has 1 heterocycles. The summed E-state index contributed by atoms with van der Waals surface area (Å²) in [6, 6.07) is 9.06. The van der Waals surface area contributed by atoms with E-state index >= 15 is 0 Å². The number of anilines is 1. The molecule has 0 saturated heterocycles. The molecule has 0 bridgehead atoms. The van der Waals surface area contributed by atoms with Crippen LogP contribution in [0.2, 0.25) is 0 Å². The van der Waals surface area contributed by atoms with Crippen LogP contribution in [0, 0.1) is 17.5 Å². The lowest BCUT2D eigenvalue weighted by Gasteiger charge is -2.12. The maximum Gasteiger partial charge on any atom is 0.264 e. The molecule has 0 radical (unpaired) electrons. The van der Waals surface area contributed by atoms with Crippen molar-refractivity contribution >= 4 is 16.6 Å². The van der Waals surface area contributed by atoms with Gasteiger partial charge in [0.1, 0.15) is 11.6 Å². The van der Waals surface area contributed by atoms with E-state index in [2.05, 4.69) is 0 Å². The van der Waals surface area contributed by atoms with Crippen molar-refractivity contribution in [3.8, 4) is 5.69 Å². The Morgan fingerprint density at radius 2 is 1.57 bits per heavy atom. The molecule has 1 aromatic heterocycles. The van der Waals surface area contributed by atoms with Crippen molar-refractivity contribution < 1.29 is 13.2 Å². The fraction of sp³-hybridized carbons (Fsp3) is 0. The van der Waals surface area contributed by atoms with Gasteiger partial charge in [-0.1, -0.05) is 18.2 Å². The minimum Gasteiger partial charge on any atom is -0.385 e. The Morgan fingerprint density at radius 1 is 0.905 bits per heavy atom. The van der Waals surface area contributed by atoms with Gasteiger partial charge in [0.25, 0.3) is 5.56 Å². The van der Waals surface area contributed by atoms with Crippen LogP contribution in [0.25, 0.3) is 16.5 Å². The monoisotopic (exact) mass is 290 g/mol.